The lowest BCUT2D eigenvalue weighted by Gasteiger charge is -2.19. The number of hydrogen-bond donors (Lipinski definition) is 3. The van der Waals surface area contributed by atoms with Crippen LogP contribution in [0.2, 0.25) is 0 Å². The summed E-state index contributed by atoms with van der Waals surface area (Å²) in [4.78, 5) is 11.4. The van der Waals surface area contributed by atoms with Crippen molar-refractivity contribution in [3.8, 4) is 0 Å². The molecule has 0 aromatic carbocycles. The monoisotopic (exact) mass is 222 g/mol. The van der Waals surface area contributed by atoms with Crippen molar-refractivity contribution >= 4 is 5.91 Å². The Morgan fingerprint density at radius 1 is 1.36 bits per heavy atom. The fourth-order valence-corrected chi connectivity index (χ4v) is 1.72. The molecule has 14 heavy (non-hydrogen) atoms. The Bertz CT molecular complexity index is 161. The summed E-state index contributed by atoms with van der Waals surface area (Å²) in [5.74, 6) is 0.344. The molecule has 1 amide bonds. The lowest BCUT2D eigenvalue weighted by atomic mass is 9.89. The number of quaternary nitrogens is 1. The molecule has 0 bridgehead atoms. The molecule has 4 N–H and O–H groups in total. The highest BCUT2D eigenvalue weighted by atomic mass is 35.5. The lowest BCUT2D eigenvalue weighted by Crippen LogP contribution is -3.00. The molecule has 0 atom stereocenters. The van der Waals surface area contributed by atoms with Crippen molar-refractivity contribution in [1.82, 2.24) is 5.43 Å². The zero-order valence-electron chi connectivity index (χ0n) is 8.34. The molecular formula is C9H19ClN2O2. The van der Waals surface area contributed by atoms with E-state index in [2.05, 4.69) is 5.43 Å². The van der Waals surface area contributed by atoms with E-state index in [-0.39, 0.29) is 30.8 Å². The minimum atomic E-state index is 0. The van der Waals surface area contributed by atoms with Gasteiger partial charge in [0.15, 0.2) is 0 Å². The second kappa shape index (κ2) is 8.03. The second-order valence-electron chi connectivity index (χ2n) is 3.56. The Kier molecular flexibility index (Phi) is 7.84. The van der Waals surface area contributed by atoms with Gasteiger partial charge in [-0.2, -0.15) is 0 Å². The van der Waals surface area contributed by atoms with Crippen LogP contribution in [0.25, 0.3) is 0 Å². The highest BCUT2D eigenvalue weighted by Gasteiger charge is 2.21. The van der Waals surface area contributed by atoms with Crippen molar-refractivity contribution in [2.45, 2.75) is 32.1 Å². The molecule has 0 aromatic heterocycles. The number of amides is 1. The molecule has 84 valence electrons. The highest BCUT2D eigenvalue weighted by molar-refractivity contribution is 5.77. The van der Waals surface area contributed by atoms with Gasteiger partial charge in [-0.1, -0.05) is 19.3 Å². The SMILES string of the molecule is O=C(N[NH2+]CCO)C1CCCCC1.[Cl-]. The van der Waals surface area contributed by atoms with Crippen LogP contribution in [0.3, 0.4) is 0 Å². The quantitative estimate of drug-likeness (QED) is 0.198. The first-order valence-corrected chi connectivity index (χ1v) is 5.07. The maximum atomic E-state index is 11.4. The van der Waals surface area contributed by atoms with Crippen LogP contribution in [0, 0.1) is 5.92 Å². The summed E-state index contributed by atoms with van der Waals surface area (Å²) in [7, 11) is 0. The number of halogens is 1. The van der Waals surface area contributed by atoms with Crippen molar-refractivity contribution in [2.24, 2.45) is 5.92 Å². The topological polar surface area (TPSA) is 65.9 Å². The van der Waals surface area contributed by atoms with Crippen LogP contribution in [0.15, 0.2) is 0 Å². The van der Waals surface area contributed by atoms with Crippen molar-refractivity contribution < 1.29 is 27.7 Å². The average Bonchev–Trinajstić information content (AvgIpc) is 2.19. The van der Waals surface area contributed by atoms with E-state index < -0.39 is 0 Å². The number of nitrogens with two attached hydrogens (primary N) is 1. The van der Waals surface area contributed by atoms with Crippen molar-refractivity contribution in [3.63, 3.8) is 0 Å². The van der Waals surface area contributed by atoms with Crippen molar-refractivity contribution in [1.29, 1.82) is 0 Å². The van der Waals surface area contributed by atoms with Gasteiger partial charge in [-0.15, -0.1) is 0 Å². The van der Waals surface area contributed by atoms with Gasteiger partial charge in [0.25, 0.3) is 5.91 Å². The van der Waals surface area contributed by atoms with Gasteiger partial charge in [-0.05, 0) is 12.8 Å². The molecule has 1 saturated carbocycles. The molecule has 1 aliphatic carbocycles. The Hall–Kier alpha value is -0.320. The first kappa shape index (κ1) is 13.7. The van der Waals surface area contributed by atoms with E-state index in [0.29, 0.717) is 6.54 Å². The summed E-state index contributed by atoms with van der Waals surface area (Å²) >= 11 is 0. The molecule has 0 saturated heterocycles. The Morgan fingerprint density at radius 2 is 2.00 bits per heavy atom. The largest absolute Gasteiger partial charge is 1.00 e. The third-order valence-electron chi connectivity index (χ3n) is 2.49. The number of hydrogen-bond acceptors (Lipinski definition) is 2. The third kappa shape index (κ3) is 4.79. The van der Waals surface area contributed by atoms with E-state index in [0.717, 1.165) is 12.8 Å². The predicted octanol–water partition coefficient (Wildman–Crippen LogP) is -3.84. The van der Waals surface area contributed by atoms with E-state index in [1.807, 2.05) is 0 Å². The molecule has 0 aromatic rings. The molecule has 0 unspecified atom stereocenters. The van der Waals surface area contributed by atoms with E-state index >= 15 is 0 Å². The maximum absolute atomic E-state index is 11.4. The van der Waals surface area contributed by atoms with Gasteiger partial charge in [-0.25, -0.2) is 10.9 Å². The molecule has 1 aliphatic rings. The second-order valence-corrected chi connectivity index (χ2v) is 3.56. The number of aliphatic hydroxyl groups excluding tert-OH is 1. The minimum Gasteiger partial charge on any atom is -1.00 e. The molecular weight excluding hydrogens is 204 g/mol. The number of carbonyl (C=O) groups excluding carboxylic acids is 1. The van der Waals surface area contributed by atoms with Gasteiger partial charge in [0.05, 0.1) is 6.61 Å². The smallest absolute Gasteiger partial charge is 0.267 e. The summed E-state index contributed by atoms with van der Waals surface area (Å²) < 4.78 is 0. The van der Waals surface area contributed by atoms with Crippen LogP contribution in [-0.4, -0.2) is 24.2 Å². The highest BCUT2D eigenvalue weighted by Crippen LogP contribution is 2.23. The van der Waals surface area contributed by atoms with Crippen molar-refractivity contribution in [2.75, 3.05) is 13.2 Å². The molecule has 5 heteroatoms. The molecule has 4 nitrogen and oxygen atoms in total. The fraction of sp³-hybridized carbons (Fsp3) is 0.889. The number of nitrogens with one attached hydrogen (secondary N) is 1. The van der Waals surface area contributed by atoms with Crippen molar-refractivity contribution in [3.05, 3.63) is 0 Å². The van der Waals surface area contributed by atoms with E-state index in [4.69, 9.17) is 5.11 Å². The molecule has 0 radical (unpaired) electrons. The summed E-state index contributed by atoms with van der Waals surface area (Å²) in [5.41, 5.74) is 4.38. The zero-order chi connectivity index (χ0) is 9.52. The molecule has 0 heterocycles. The Balaban J connectivity index is 0.00000169. The maximum Gasteiger partial charge on any atom is 0.267 e. The normalized spacial score (nSPS) is 17.2. The van der Waals surface area contributed by atoms with Crippen LogP contribution >= 0.6 is 0 Å². The van der Waals surface area contributed by atoms with E-state index in [9.17, 15) is 4.79 Å². The summed E-state index contributed by atoms with van der Waals surface area (Å²) in [6.45, 7) is 0.642. The lowest BCUT2D eigenvalue weighted by molar-refractivity contribution is -0.699. The first-order chi connectivity index (χ1) is 6.34. The van der Waals surface area contributed by atoms with Gasteiger partial charge >= 0.3 is 0 Å². The number of aliphatic hydroxyl groups is 1. The van der Waals surface area contributed by atoms with Gasteiger partial charge in [0.1, 0.15) is 6.54 Å². The third-order valence-corrected chi connectivity index (χ3v) is 2.49. The van der Waals surface area contributed by atoms with Crippen LogP contribution < -0.4 is 23.3 Å². The number of rotatable bonds is 4. The van der Waals surface area contributed by atoms with Crippen LogP contribution in [0.1, 0.15) is 32.1 Å². The zero-order valence-corrected chi connectivity index (χ0v) is 9.09. The molecule has 0 spiro atoms. The standard InChI is InChI=1S/C9H18N2O2.ClH/c12-7-6-10-11-9(13)8-4-2-1-3-5-8;/h8,10,12H,1-7H2,(H,11,13);1H. The van der Waals surface area contributed by atoms with Crippen LogP contribution in [0.5, 0.6) is 0 Å². The van der Waals surface area contributed by atoms with Gasteiger partial charge in [0.2, 0.25) is 0 Å². The van der Waals surface area contributed by atoms with Gasteiger partial charge < -0.3 is 17.5 Å². The molecule has 1 rings (SSSR count). The van der Waals surface area contributed by atoms with E-state index in [1.54, 1.807) is 5.43 Å². The van der Waals surface area contributed by atoms with Crippen LogP contribution in [0.4, 0.5) is 0 Å². The van der Waals surface area contributed by atoms with Gasteiger partial charge in [-0.3, -0.25) is 4.79 Å². The summed E-state index contributed by atoms with van der Waals surface area (Å²) in [5, 5.41) is 8.51. The average molecular weight is 223 g/mol. The van der Waals surface area contributed by atoms with Crippen LogP contribution in [-0.2, 0) is 4.79 Å². The first-order valence-electron chi connectivity index (χ1n) is 5.07. The Labute approximate surface area is 90.8 Å². The Morgan fingerprint density at radius 3 is 2.57 bits per heavy atom. The molecule has 0 aliphatic heterocycles. The van der Waals surface area contributed by atoms with Gasteiger partial charge in [0, 0.05) is 5.92 Å². The predicted molar refractivity (Wildman–Crippen MR) is 48.6 cm³/mol. The molecule has 1 fully saturated rings. The minimum absolute atomic E-state index is 0. The summed E-state index contributed by atoms with van der Waals surface area (Å²) in [6, 6.07) is 0. The van der Waals surface area contributed by atoms with E-state index in [1.165, 1.54) is 19.3 Å². The number of carbonyl (C=O) groups is 1. The summed E-state index contributed by atoms with van der Waals surface area (Å²) in [6.07, 6.45) is 5.68. The fourth-order valence-electron chi connectivity index (χ4n) is 1.72.